The van der Waals surface area contributed by atoms with Gasteiger partial charge in [0.2, 0.25) is 5.28 Å². The van der Waals surface area contributed by atoms with E-state index in [1.165, 1.54) is 144 Å². The number of para-hydroxylation sites is 2. The molecular formula is C107H83B3BrClFN6NaO2. The van der Waals surface area contributed by atoms with Gasteiger partial charge in [0.25, 0.3) is 0 Å². The Morgan fingerprint density at radius 3 is 1.04 bits per heavy atom. The number of aromatic nitrogens is 6. The van der Waals surface area contributed by atoms with E-state index in [-0.39, 0.29) is 71.4 Å². The first-order valence-corrected chi connectivity index (χ1v) is 41.1. The molecule has 1 aliphatic carbocycles. The minimum absolute atomic E-state index is 0. The number of hydrogen-bond donors (Lipinski definition) is 1. The maximum atomic E-state index is 9.96. The smallest absolute Gasteiger partial charge is 1.00 e. The molecular weight excluding hydrogens is 1590 g/mol. The molecule has 0 amide bonds. The summed E-state index contributed by atoms with van der Waals surface area (Å²) in [5.74, 6) is 1.17. The van der Waals surface area contributed by atoms with Crippen molar-refractivity contribution in [3.63, 3.8) is 0 Å². The Kier molecular flexibility index (Phi) is 25.3. The first kappa shape index (κ1) is 83.4. The van der Waals surface area contributed by atoms with Gasteiger partial charge in [-0.25, -0.2) is 4.98 Å². The SMILES string of the molecule is Brc1ccc2c(c1)c1cc(-c3ccccc3)ccc1n2-c1ccccc1.CC1(C)OB(c2ccc3c(c2)-c2cc(-c4ccccc4)ccc2C3)OC1(C)C.Clc1nc(-c2ccccc2)nc(-c2ccccc2)n1.[2H]CF.[B].[B].[H-].[Na+].c1ccc(-c2ccc3[nH]c4ccc(-c5ccc6c(c5)c5cc(-c7ccccc7)ccc5n6-c5ccccc5)cc4c3c2)cc1. The second-order valence-electron chi connectivity index (χ2n) is 30.8. The van der Waals surface area contributed by atoms with Crippen LogP contribution in [0.1, 0.15) is 41.6 Å². The summed E-state index contributed by atoms with van der Waals surface area (Å²) in [6, 6.07) is 137. The van der Waals surface area contributed by atoms with Crippen molar-refractivity contribution in [1.29, 1.82) is 0 Å². The van der Waals surface area contributed by atoms with Gasteiger partial charge in [-0.1, -0.05) is 295 Å². The average Bonchev–Trinajstić information content (AvgIpc) is 1.59. The van der Waals surface area contributed by atoms with Gasteiger partial charge >= 0.3 is 36.7 Å². The van der Waals surface area contributed by atoms with Crippen LogP contribution in [0.25, 0.3) is 166 Å². The molecule has 20 aromatic rings. The van der Waals surface area contributed by atoms with Crippen molar-refractivity contribution in [2.45, 2.75) is 45.3 Å². The van der Waals surface area contributed by atoms with Gasteiger partial charge in [0.05, 0.1) is 41.8 Å². The van der Waals surface area contributed by atoms with E-state index in [2.05, 4.69) is 400 Å². The Balaban J connectivity index is 0.000000138. The van der Waals surface area contributed by atoms with Crippen molar-refractivity contribution in [1.82, 2.24) is 29.1 Å². The maximum Gasteiger partial charge on any atom is 1.00 e. The molecule has 15 heteroatoms. The predicted molar refractivity (Wildman–Crippen MR) is 512 cm³/mol. The van der Waals surface area contributed by atoms with E-state index in [9.17, 15) is 4.39 Å². The molecule has 2 aliphatic rings. The van der Waals surface area contributed by atoms with Crippen LogP contribution in [0.2, 0.25) is 5.28 Å². The van der Waals surface area contributed by atoms with Crippen LogP contribution < -0.4 is 35.0 Å². The molecule has 16 aromatic carbocycles. The molecule has 1 fully saturated rings. The third kappa shape index (κ3) is 17.3. The standard InChI is InChI=1S/C42H28N2.C25H25BO2.C24H16BrN.C15H10ClN3.CH3F.2B.Na.H/c1-4-10-28(11-5-1)30-16-20-39-35(24-30)36-25-32(17-21-40(36)43-39)33-19-23-42-38(27-33)37-26-31(29-12-6-2-7-13-29)18-22-41(37)44(42)34-14-8-3-9-15-34;1-24(2)25(3,4)28-26(27-24)21-13-12-20-14-19-11-10-18(15-22(19)23(20)16-21)17-8-6-5-7-9-17;25-19-12-14-24-22(16-19)21-15-18(17-7-3-1-4-8-17)11-13-23(21)26(24)20-9-5-2-6-10-20;16-15-18-13(11-7-3-1-4-8-11)17-14(19-15)12-9-5-2-6-10-12;1-2;;;;/h1-27,43H;5-13,15-16H,14H2,1-4H3;1-16H;1-10H;1H3;;;;/q;;;;;;;+1;-1/i;;;;1D;;;;. The van der Waals surface area contributed by atoms with E-state index in [0.717, 1.165) is 38.5 Å². The fourth-order valence-corrected chi connectivity index (χ4v) is 16.8. The van der Waals surface area contributed by atoms with Gasteiger partial charge in [0.1, 0.15) is 0 Å². The molecule has 0 unspecified atom stereocenters. The first-order chi connectivity index (χ1) is 58.7. The number of H-pyrrole nitrogens is 1. The summed E-state index contributed by atoms with van der Waals surface area (Å²) in [5, 5.41) is 7.73. The molecule has 0 spiro atoms. The summed E-state index contributed by atoms with van der Waals surface area (Å²) < 4.78 is 33.9. The summed E-state index contributed by atoms with van der Waals surface area (Å²) in [7, 11) is -1.32. The number of alkyl halides is 1. The largest absolute Gasteiger partial charge is 1.00 e. The summed E-state index contributed by atoms with van der Waals surface area (Å²) >= 11 is 9.63. The van der Waals surface area contributed by atoms with E-state index < -0.39 is 7.15 Å². The molecule has 0 bridgehead atoms. The normalized spacial score (nSPS) is 12.7. The summed E-state index contributed by atoms with van der Waals surface area (Å²) in [4.78, 5) is 16.4. The minimum atomic E-state index is -1.00. The van der Waals surface area contributed by atoms with Crippen LogP contribution in [0.5, 0.6) is 0 Å². The minimum Gasteiger partial charge on any atom is -1.00 e. The van der Waals surface area contributed by atoms with Gasteiger partial charge in [-0.2, -0.15) is 9.97 Å². The summed E-state index contributed by atoms with van der Waals surface area (Å²) in [6.45, 7) is 8.40. The number of rotatable bonds is 10. The second kappa shape index (κ2) is 37.0. The van der Waals surface area contributed by atoms with Crippen LogP contribution in [-0.2, 0) is 15.7 Å². The fraction of sp³-hybridized carbons (Fsp3) is 0.0748. The zero-order chi connectivity index (χ0) is 81.9. The van der Waals surface area contributed by atoms with Crippen molar-refractivity contribution in [3.05, 3.63) is 409 Å². The molecule has 0 saturated carbocycles. The van der Waals surface area contributed by atoms with Crippen molar-refractivity contribution in [3.8, 4) is 101 Å². The van der Waals surface area contributed by atoms with E-state index in [4.69, 9.17) is 22.3 Å². The summed E-state index contributed by atoms with van der Waals surface area (Å²) in [5.41, 5.74) is 29.6. The molecule has 22 rings (SSSR count). The Morgan fingerprint density at radius 1 is 0.361 bits per heavy atom. The molecule has 8 nitrogen and oxygen atoms in total. The van der Waals surface area contributed by atoms with E-state index in [1.54, 1.807) is 0 Å². The van der Waals surface area contributed by atoms with Gasteiger partial charge in [-0.05, 0) is 238 Å². The van der Waals surface area contributed by atoms with Crippen LogP contribution in [0.3, 0.4) is 0 Å². The number of aromatic amines is 1. The van der Waals surface area contributed by atoms with Gasteiger partial charge in [-0.3, -0.25) is 4.39 Å². The van der Waals surface area contributed by atoms with Crippen molar-refractivity contribution in [2.24, 2.45) is 0 Å². The molecule has 6 radical (unpaired) electrons. The molecule has 1 saturated heterocycles. The van der Waals surface area contributed by atoms with Gasteiger partial charge in [0, 0.05) is 87.2 Å². The molecule has 584 valence electrons. The van der Waals surface area contributed by atoms with Crippen LogP contribution >= 0.6 is 27.5 Å². The number of halogens is 3. The summed E-state index contributed by atoms with van der Waals surface area (Å²) in [6.07, 6.45) is 0.989. The first-order valence-electron chi connectivity index (χ1n) is 40.6. The van der Waals surface area contributed by atoms with E-state index in [1.807, 2.05) is 60.7 Å². The van der Waals surface area contributed by atoms with Gasteiger partial charge in [-0.15, -0.1) is 0 Å². The van der Waals surface area contributed by atoms with Crippen LogP contribution in [0.4, 0.5) is 4.39 Å². The second-order valence-corrected chi connectivity index (χ2v) is 32.1. The van der Waals surface area contributed by atoms with Crippen molar-refractivity contribution < 1.29 is 46.1 Å². The molecule has 1 N–H and O–H groups in total. The Morgan fingerprint density at radius 2 is 0.656 bits per heavy atom. The number of nitrogens with zero attached hydrogens (tertiary/aromatic N) is 5. The molecule has 122 heavy (non-hydrogen) atoms. The third-order valence-corrected chi connectivity index (χ3v) is 23.7. The van der Waals surface area contributed by atoms with E-state index in [0.29, 0.717) is 11.6 Å². The van der Waals surface area contributed by atoms with Crippen LogP contribution in [0.15, 0.2) is 393 Å². The predicted octanol–water partition coefficient (Wildman–Crippen LogP) is 24.7. The Labute approximate surface area is 753 Å². The topological polar surface area (TPSA) is 82.8 Å². The average molecular weight is 1680 g/mol. The third-order valence-electron chi connectivity index (χ3n) is 23.0. The number of benzene rings is 16. The fourth-order valence-electron chi connectivity index (χ4n) is 16.3. The van der Waals surface area contributed by atoms with Gasteiger partial charge in [0.15, 0.2) is 11.6 Å². The number of hydrogen-bond acceptors (Lipinski definition) is 5. The number of fused-ring (bicyclic) bond motifs is 12. The number of nitrogens with one attached hydrogen (secondary N) is 1. The van der Waals surface area contributed by atoms with Crippen LogP contribution in [0, 0.1) is 0 Å². The maximum absolute atomic E-state index is 9.96. The quantitative estimate of drug-likeness (QED) is 0.138. The monoisotopic (exact) mass is 1670 g/mol. The van der Waals surface area contributed by atoms with Crippen molar-refractivity contribution in [2.75, 3.05) is 7.15 Å². The van der Waals surface area contributed by atoms with Gasteiger partial charge < -0.3 is 24.9 Å². The molecule has 0 atom stereocenters. The zero-order valence-electron chi connectivity index (χ0n) is 70.3. The van der Waals surface area contributed by atoms with Crippen LogP contribution in [-0.4, -0.2) is 71.4 Å². The van der Waals surface area contributed by atoms with E-state index >= 15 is 0 Å². The zero-order valence-corrected chi connectivity index (χ0v) is 72.6. The Hall–Kier alpha value is -12.3. The Bertz CT molecular complexity index is 7040. The van der Waals surface area contributed by atoms with Crippen molar-refractivity contribution >= 4 is 122 Å². The molecule has 5 heterocycles. The molecule has 1 aliphatic heterocycles. The molecule has 4 aromatic heterocycles.